The first-order valence-corrected chi connectivity index (χ1v) is 12.5. The lowest BCUT2D eigenvalue weighted by molar-refractivity contribution is -0.132. The second-order valence-corrected chi connectivity index (χ2v) is 10.3. The maximum Gasteiger partial charge on any atom is 0.253 e. The number of hydrogen-bond donors (Lipinski definition) is 1. The third-order valence-corrected chi connectivity index (χ3v) is 7.14. The number of carbonyl (C=O) groups is 1. The number of fused-ring (bicyclic) bond motifs is 1. The van der Waals surface area contributed by atoms with Crippen LogP contribution >= 0.6 is 0 Å². The van der Waals surface area contributed by atoms with E-state index in [2.05, 4.69) is 37.0 Å². The fraction of sp³-hybridized carbons (Fsp3) is 0.500. The molecule has 0 bridgehead atoms. The fourth-order valence-corrected chi connectivity index (χ4v) is 5.31. The number of carbonyl (C=O) groups excluding carboxylic acids is 1. The summed E-state index contributed by atoms with van der Waals surface area (Å²) in [5.41, 5.74) is 6.87. The first-order chi connectivity index (χ1) is 16.2. The first kappa shape index (κ1) is 24.3. The molecule has 182 valence electrons. The highest BCUT2D eigenvalue weighted by atomic mass is 16.2. The summed E-state index contributed by atoms with van der Waals surface area (Å²) in [6.07, 6.45) is 4.66. The van der Waals surface area contributed by atoms with Crippen molar-refractivity contribution >= 4 is 16.8 Å². The Labute approximate surface area is 202 Å². The molecule has 6 nitrogen and oxygen atoms in total. The molecule has 1 N–H and O–H groups in total. The van der Waals surface area contributed by atoms with Crippen LogP contribution in [0, 0.1) is 0 Å². The molecule has 0 saturated carbocycles. The van der Waals surface area contributed by atoms with Crippen molar-refractivity contribution in [2.45, 2.75) is 51.9 Å². The van der Waals surface area contributed by atoms with E-state index in [1.165, 1.54) is 16.5 Å². The number of H-pyrrole nitrogens is 1. The van der Waals surface area contributed by atoms with Crippen LogP contribution in [-0.2, 0) is 18.3 Å². The van der Waals surface area contributed by atoms with E-state index < -0.39 is 0 Å². The van der Waals surface area contributed by atoms with Crippen LogP contribution in [0.2, 0.25) is 0 Å². The molecular weight excluding hydrogens is 424 g/mol. The first-order valence-electron chi connectivity index (χ1n) is 12.5. The van der Waals surface area contributed by atoms with Crippen molar-refractivity contribution in [3.05, 3.63) is 57.5 Å². The zero-order valence-electron chi connectivity index (χ0n) is 21.4. The third-order valence-electron chi connectivity index (χ3n) is 7.14. The summed E-state index contributed by atoms with van der Waals surface area (Å²) in [7, 11) is 5.71. The van der Waals surface area contributed by atoms with Crippen molar-refractivity contribution in [1.82, 2.24) is 19.4 Å². The number of pyridine rings is 1. The topological polar surface area (TPSA) is 61.3 Å². The Morgan fingerprint density at radius 2 is 1.88 bits per heavy atom. The number of aromatic amines is 1. The molecule has 0 aliphatic carbocycles. The quantitative estimate of drug-likeness (QED) is 0.587. The van der Waals surface area contributed by atoms with E-state index in [0.717, 1.165) is 54.7 Å². The molecule has 3 heterocycles. The molecule has 1 aliphatic rings. The number of rotatable bonds is 6. The zero-order valence-corrected chi connectivity index (χ0v) is 21.4. The average molecular weight is 463 g/mol. The molecule has 1 fully saturated rings. The molecule has 0 unspecified atom stereocenters. The summed E-state index contributed by atoms with van der Waals surface area (Å²) in [6, 6.07) is 8.84. The number of amides is 1. The van der Waals surface area contributed by atoms with Crippen molar-refractivity contribution in [1.29, 1.82) is 0 Å². The van der Waals surface area contributed by atoms with Gasteiger partial charge in [0, 0.05) is 48.4 Å². The van der Waals surface area contributed by atoms with Gasteiger partial charge in [-0.3, -0.25) is 9.59 Å². The molecule has 0 spiro atoms. The van der Waals surface area contributed by atoms with Crippen molar-refractivity contribution in [3.8, 4) is 11.3 Å². The van der Waals surface area contributed by atoms with Gasteiger partial charge in [0.05, 0.1) is 12.2 Å². The highest BCUT2D eigenvalue weighted by Crippen LogP contribution is 2.38. The largest absolute Gasteiger partial charge is 0.354 e. The number of likely N-dealkylation sites (N-methyl/N-ethyl adjacent to an activating group) is 1. The van der Waals surface area contributed by atoms with Gasteiger partial charge in [-0.1, -0.05) is 26.8 Å². The molecule has 34 heavy (non-hydrogen) atoms. The van der Waals surface area contributed by atoms with Crippen LogP contribution in [0.25, 0.3) is 22.2 Å². The molecule has 1 amide bonds. The number of hydrogen-bond acceptors (Lipinski definition) is 3. The monoisotopic (exact) mass is 462 g/mol. The van der Waals surface area contributed by atoms with Crippen molar-refractivity contribution in [2.24, 2.45) is 7.05 Å². The molecular formula is C28H38N4O2. The van der Waals surface area contributed by atoms with Gasteiger partial charge in [-0.2, -0.15) is 0 Å². The van der Waals surface area contributed by atoms with Gasteiger partial charge in [0.1, 0.15) is 0 Å². The third kappa shape index (κ3) is 4.69. The lowest BCUT2D eigenvalue weighted by Gasteiger charge is -2.33. The van der Waals surface area contributed by atoms with E-state index in [9.17, 15) is 9.59 Å². The van der Waals surface area contributed by atoms with Crippen LogP contribution in [0.4, 0.5) is 0 Å². The highest BCUT2D eigenvalue weighted by Gasteiger charge is 2.25. The summed E-state index contributed by atoms with van der Waals surface area (Å²) in [4.78, 5) is 32.5. The van der Waals surface area contributed by atoms with Crippen LogP contribution in [0.1, 0.15) is 62.1 Å². The number of likely N-dealkylation sites (tertiary alicyclic amines) is 1. The van der Waals surface area contributed by atoms with E-state index in [0.29, 0.717) is 18.4 Å². The van der Waals surface area contributed by atoms with Crippen LogP contribution < -0.4 is 5.56 Å². The molecule has 1 saturated heterocycles. The molecule has 3 aromatic rings. The van der Waals surface area contributed by atoms with Gasteiger partial charge < -0.3 is 19.4 Å². The minimum absolute atomic E-state index is 0.0751. The van der Waals surface area contributed by atoms with Gasteiger partial charge in [0.25, 0.3) is 5.56 Å². The van der Waals surface area contributed by atoms with Gasteiger partial charge in [-0.15, -0.1) is 0 Å². The Bertz CT molecular complexity index is 1240. The Balaban J connectivity index is 1.66. The summed E-state index contributed by atoms with van der Waals surface area (Å²) >= 11 is 0. The fourth-order valence-electron chi connectivity index (χ4n) is 5.31. The molecule has 4 rings (SSSR count). The number of aryl methyl sites for hydroxylation is 2. The summed E-state index contributed by atoms with van der Waals surface area (Å²) < 4.78 is 1.70. The lowest BCUT2D eigenvalue weighted by Crippen LogP contribution is -2.42. The summed E-state index contributed by atoms with van der Waals surface area (Å²) in [6.45, 7) is 8.62. The molecule has 0 radical (unpaired) electrons. The van der Waals surface area contributed by atoms with E-state index in [1.54, 1.807) is 4.57 Å². The second-order valence-electron chi connectivity index (χ2n) is 10.3. The van der Waals surface area contributed by atoms with Gasteiger partial charge in [0.15, 0.2) is 0 Å². The van der Waals surface area contributed by atoms with Gasteiger partial charge in [-0.05, 0) is 74.5 Å². The predicted octanol–water partition coefficient (Wildman–Crippen LogP) is 4.49. The smallest absolute Gasteiger partial charge is 0.253 e. The number of aromatic nitrogens is 2. The Morgan fingerprint density at radius 1 is 1.18 bits per heavy atom. The number of benzene rings is 1. The van der Waals surface area contributed by atoms with Crippen molar-refractivity contribution < 1.29 is 4.79 Å². The van der Waals surface area contributed by atoms with Gasteiger partial charge in [-0.25, -0.2) is 0 Å². The standard InChI is InChI=1S/C28H38N4O2/c1-7-19-14-22(16-31(6)28(19)34)27-26(18(2)3)23-15-21(8-9-24(23)29-27)20-10-12-32(13-11-20)25(33)17-30(4)5/h8-9,14-16,18,20,29H,7,10-13,17H2,1-6H3. The van der Waals surface area contributed by atoms with Crippen LogP contribution in [-0.4, -0.2) is 59.0 Å². The second kappa shape index (κ2) is 9.79. The molecule has 1 aliphatic heterocycles. The van der Waals surface area contributed by atoms with Crippen LogP contribution in [0.15, 0.2) is 35.3 Å². The lowest BCUT2D eigenvalue weighted by atomic mass is 9.87. The Hall–Kier alpha value is -2.86. The molecule has 6 heteroatoms. The summed E-state index contributed by atoms with van der Waals surface area (Å²) in [5, 5.41) is 1.26. The maximum absolute atomic E-state index is 12.4. The maximum atomic E-state index is 12.4. The van der Waals surface area contributed by atoms with E-state index in [4.69, 9.17) is 0 Å². The predicted molar refractivity (Wildman–Crippen MR) is 140 cm³/mol. The van der Waals surface area contributed by atoms with E-state index in [-0.39, 0.29) is 11.5 Å². The Kier molecular flexibility index (Phi) is 6.99. The molecule has 0 atom stereocenters. The van der Waals surface area contributed by atoms with Gasteiger partial charge >= 0.3 is 0 Å². The van der Waals surface area contributed by atoms with E-state index in [1.807, 2.05) is 50.1 Å². The minimum atomic E-state index is 0.0751. The Morgan fingerprint density at radius 3 is 2.50 bits per heavy atom. The van der Waals surface area contributed by atoms with Crippen molar-refractivity contribution in [3.63, 3.8) is 0 Å². The highest BCUT2D eigenvalue weighted by molar-refractivity contribution is 5.92. The molecule has 2 aromatic heterocycles. The average Bonchev–Trinajstić information content (AvgIpc) is 3.19. The number of nitrogens with one attached hydrogen (secondary N) is 1. The van der Waals surface area contributed by atoms with Crippen LogP contribution in [0.3, 0.4) is 0 Å². The molecule has 1 aromatic carbocycles. The van der Waals surface area contributed by atoms with E-state index >= 15 is 0 Å². The zero-order chi connectivity index (χ0) is 24.6. The summed E-state index contributed by atoms with van der Waals surface area (Å²) in [5.74, 6) is 1.03. The minimum Gasteiger partial charge on any atom is -0.354 e. The van der Waals surface area contributed by atoms with Crippen LogP contribution in [0.5, 0.6) is 0 Å². The van der Waals surface area contributed by atoms with Gasteiger partial charge in [0.2, 0.25) is 5.91 Å². The normalized spacial score (nSPS) is 15.1. The van der Waals surface area contributed by atoms with Crippen molar-refractivity contribution in [2.75, 3.05) is 33.7 Å². The SMILES string of the molecule is CCc1cc(-c2[nH]c3ccc(C4CCN(C(=O)CN(C)C)CC4)cc3c2C(C)C)cn(C)c1=O. The number of nitrogens with zero attached hydrogens (tertiary/aromatic N) is 3. The number of piperidine rings is 1.